The number of carbonyl (C=O) groups excluding carboxylic acids is 1. The molecule has 0 aliphatic heterocycles. The molecule has 0 bridgehead atoms. The van der Waals surface area contributed by atoms with E-state index in [-0.39, 0.29) is 11.6 Å². The van der Waals surface area contributed by atoms with E-state index in [1.165, 1.54) is 0 Å². The fourth-order valence-electron chi connectivity index (χ4n) is 1.61. The van der Waals surface area contributed by atoms with Crippen molar-refractivity contribution in [3.8, 4) is 0 Å². The molecule has 16 heavy (non-hydrogen) atoms. The fourth-order valence-corrected chi connectivity index (χ4v) is 1.61. The smallest absolute Gasteiger partial charge is 0.407 e. The van der Waals surface area contributed by atoms with Crippen LogP contribution in [-0.2, 0) is 4.74 Å². The second-order valence-electron chi connectivity index (χ2n) is 5.48. The first-order chi connectivity index (χ1) is 7.29. The summed E-state index contributed by atoms with van der Waals surface area (Å²) in [5.74, 6) is 0.832. The summed E-state index contributed by atoms with van der Waals surface area (Å²) in [5.41, 5.74) is 5.32. The molecule has 0 aromatic heterocycles. The molecule has 0 heterocycles. The summed E-state index contributed by atoms with van der Waals surface area (Å²) in [6, 6.07) is 0. The minimum Gasteiger partial charge on any atom is -0.449 e. The molecule has 96 valence electrons. The minimum atomic E-state index is -0.373. The van der Waals surface area contributed by atoms with Crippen LogP contribution >= 0.6 is 0 Å². The van der Waals surface area contributed by atoms with E-state index in [1.54, 1.807) is 0 Å². The molecule has 0 rings (SSSR count). The highest BCUT2D eigenvalue weighted by Gasteiger charge is 2.26. The zero-order valence-electron chi connectivity index (χ0n) is 11.2. The number of nitrogens with two attached hydrogens (primary N) is 1. The molecular formula is C12H26N2O2. The molecule has 0 fully saturated rings. The molecule has 1 amide bonds. The standard InChI is InChI=1S/C12H26N2O2/c1-9(2)6-12(5,8-13)14-11(15)16-7-10(3)4/h9-10H,6-8,13H2,1-5H3,(H,14,15). The van der Waals surface area contributed by atoms with E-state index in [0.29, 0.717) is 25.0 Å². The molecule has 0 aromatic rings. The van der Waals surface area contributed by atoms with Gasteiger partial charge < -0.3 is 15.8 Å². The van der Waals surface area contributed by atoms with Crippen LogP contribution in [0.15, 0.2) is 0 Å². The summed E-state index contributed by atoms with van der Waals surface area (Å²) in [6.45, 7) is 11.0. The van der Waals surface area contributed by atoms with Crippen molar-refractivity contribution in [3.05, 3.63) is 0 Å². The van der Waals surface area contributed by atoms with Crippen molar-refractivity contribution in [2.45, 2.75) is 46.6 Å². The fraction of sp³-hybridized carbons (Fsp3) is 0.917. The van der Waals surface area contributed by atoms with Gasteiger partial charge in [0.05, 0.1) is 12.1 Å². The Morgan fingerprint density at radius 1 is 1.31 bits per heavy atom. The van der Waals surface area contributed by atoms with Gasteiger partial charge in [0.1, 0.15) is 0 Å². The average Bonchev–Trinajstić information content (AvgIpc) is 2.13. The third-order valence-corrected chi connectivity index (χ3v) is 2.26. The van der Waals surface area contributed by atoms with Crippen LogP contribution in [0.1, 0.15) is 41.0 Å². The Kier molecular flexibility index (Phi) is 6.41. The Morgan fingerprint density at radius 2 is 1.88 bits per heavy atom. The van der Waals surface area contributed by atoms with Gasteiger partial charge in [0.2, 0.25) is 0 Å². The first-order valence-electron chi connectivity index (χ1n) is 5.94. The Hall–Kier alpha value is -0.770. The van der Waals surface area contributed by atoms with Gasteiger partial charge in [0.15, 0.2) is 0 Å². The van der Waals surface area contributed by atoms with Gasteiger partial charge in [0, 0.05) is 6.54 Å². The molecular weight excluding hydrogens is 204 g/mol. The second kappa shape index (κ2) is 6.74. The summed E-state index contributed by atoms with van der Waals surface area (Å²) >= 11 is 0. The normalized spacial score (nSPS) is 15.0. The number of nitrogens with one attached hydrogen (secondary N) is 1. The monoisotopic (exact) mass is 230 g/mol. The van der Waals surface area contributed by atoms with E-state index < -0.39 is 0 Å². The molecule has 1 unspecified atom stereocenters. The van der Waals surface area contributed by atoms with Gasteiger partial charge in [-0.15, -0.1) is 0 Å². The van der Waals surface area contributed by atoms with E-state index in [1.807, 2.05) is 20.8 Å². The molecule has 1 atom stereocenters. The Balaban J connectivity index is 4.14. The van der Waals surface area contributed by atoms with Crippen molar-refractivity contribution in [2.75, 3.05) is 13.2 Å². The quantitative estimate of drug-likeness (QED) is 0.734. The summed E-state index contributed by atoms with van der Waals surface area (Å²) in [4.78, 5) is 11.5. The van der Waals surface area contributed by atoms with Crippen LogP contribution in [0.25, 0.3) is 0 Å². The summed E-state index contributed by atoms with van der Waals surface area (Å²) in [7, 11) is 0. The molecule has 0 aromatic carbocycles. The Labute approximate surface area is 98.9 Å². The largest absolute Gasteiger partial charge is 0.449 e. The average molecular weight is 230 g/mol. The lowest BCUT2D eigenvalue weighted by Crippen LogP contribution is -2.52. The maximum Gasteiger partial charge on any atom is 0.407 e. The summed E-state index contributed by atoms with van der Waals surface area (Å²) < 4.78 is 5.08. The van der Waals surface area contributed by atoms with Gasteiger partial charge >= 0.3 is 6.09 Å². The molecule has 0 saturated heterocycles. The van der Waals surface area contributed by atoms with Crippen LogP contribution in [0.2, 0.25) is 0 Å². The molecule has 0 aliphatic carbocycles. The predicted molar refractivity (Wildman–Crippen MR) is 66.2 cm³/mol. The van der Waals surface area contributed by atoms with E-state index in [4.69, 9.17) is 10.5 Å². The Morgan fingerprint density at radius 3 is 2.25 bits per heavy atom. The van der Waals surface area contributed by atoms with E-state index in [9.17, 15) is 4.79 Å². The van der Waals surface area contributed by atoms with E-state index in [2.05, 4.69) is 19.2 Å². The number of carbonyl (C=O) groups is 1. The first kappa shape index (κ1) is 15.2. The number of hydrogen-bond donors (Lipinski definition) is 2. The zero-order chi connectivity index (χ0) is 12.8. The van der Waals surface area contributed by atoms with Crippen LogP contribution in [0, 0.1) is 11.8 Å². The van der Waals surface area contributed by atoms with E-state index in [0.717, 1.165) is 6.42 Å². The number of amides is 1. The lowest BCUT2D eigenvalue weighted by molar-refractivity contribution is 0.120. The first-order valence-corrected chi connectivity index (χ1v) is 5.94. The molecule has 0 spiro atoms. The van der Waals surface area contributed by atoms with Gasteiger partial charge in [-0.25, -0.2) is 4.79 Å². The van der Waals surface area contributed by atoms with Crippen LogP contribution in [0.3, 0.4) is 0 Å². The molecule has 4 nitrogen and oxygen atoms in total. The van der Waals surface area contributed by atoms with Gasteiger partial charge in [-0.1, -0.05) is 27.7 Å². The van der Waals surface area contributed by atoms with Crippen molar-refractivity contribution in [2.24, 2.45) is 17.6 Å². The molecule has 0 saturated carbocycles. The number of rotatable bonds is 6. The second-order valence-corrected chi connectivity index (χ2v) is 5.48. The minimum absolute atomic E-state index is 0.347. The zero-order valence-corrected chi connectivity index (χ0v) is 11.2. The van der Waals surface area contributed by atoms with Crippen molar-refractivity contribution in [3.63, 3.8) is 0 Å². The lowest BCUT2D eigenvalue weighted by Gasteiger charge is -2.30. The highest BCUT2D eigenvalue weighted by Crippen LogP contribution is 2.15. The highest BCUT2D eigenvalue weighted by atomic mass is 16.5. The predicted octanol–water partition coefficient (Wildman–Crippen LogP) is 2.13. The SMILES string of the molecule is CC(C)COC(=O)NC(C)(CN)CC(C)C. The van der Waals surface area contributed by atoms with Gasteiger partial charge in [-0.3, -0.25) is 0 Å². The molecule has 3 N–H and O–H groups in total. The van der Waals surface area contributed by atoms with Crippen LogP contribution in [0.4, 0.5) is 4.79 Å². The summed E-state index contributed by atoms with van der Waals surface area (Å²) in [5, 5.41) is 2.84. The number of alkyl carbamates (subject to hydrolysis) is 1. The Bertz CT molecular complexity index is 217. The van der Waals surface area contributed by atoms with Gasteiger partial charge in [-0.2, -0.15) is 0 Å². The molecule has 0 radical (unpaired) electrons. The molecule has 4 heteroatoms. The third-order valence-electron chi connectivity index (χ3n) is 2.26. The lowest BCUT2D eigenvalue weighted by atomic mass is 9.91. The number of hydrogen-bond acceptors (Lipinski definition) is 3. The highest BCUT2D eigenvalue weighted by molar-refractivity contribution is 5.68. The van der Waals surface area contributed by atoms with Crippen molar-refractivity contribution in [1.29, 1.82) is 0 Å². The number of ether oxygens (including phenoxy) is 1. The van der Waals surface area contributed by atoms with Crippen LogP contribution < -0.4 is 11.1 Å². The van der Waals surface area contributed by atoms with Gasteiger partial charge in [-0.05, 0) is 25.2 Å². The van der Waals surface area contributed by atoms with E-state index >= 15 is 0 Å². The van der Waals surface area contributed by atoms with Crippen LogP contribution in [0.5, 0.6) is 0 Å². The van der Waals surface area contributed by atoms with Crippen molar-refractivity contribution in [1.82, 2.24) is 5.32 Å². The van der Waals surface area contributed by atoms with Gasteiger partial charge in [0.25, 0.3) is 0 Å². The van der Waals surface area contributed by atoms with Crippen molar-refractivity contribution < 1.29 is 9.53 Å². The van der Waals surface area contributed by atoms with Crippen LogP contribution in [-0.4, -0.2) is 24.8 Å². The van der Waals surface area contributed by atoms with Crippen molar-refractivity contribution >= 4 is 6.09 Å². The third kappa shape index (κ3) is 6.67. The molecule has 0 aliphatic rings. The maximum absolute atomic E-state index is 11.5. The summed E-state index contributed by atoms with van der Waals surface area (Å²) in [6.07, 6.45) is 0.475. The maximum atomic E-state index is 11.5. The topological polar surface area (TPSA) is 64.3 Å².